The second kappa shape index (κ2) is 6.05. The first-order valence-electron chi connectivity index (χ1n) is 6.64. The van der Waals surface area contributed by atoms with Crippen molar-refractivity contribution in [2.75, 3.05) is 13.1 Å². The first kappa shape index (κ1) is 14.5. The highest BCUT2D eigenvalue weighted by molar-refractivity contribution is 9.10. The van der Waals surface area contributed by atoms with Gasteiger partial charge in [-0.25, -0.2) is 0 Å². The molecular formula is C13H21BrN4O. The zero-order valence-electron chi connectivity index (χ0n) is 11.7. The fraction of sp³-hybridized carbons (Fsp3) is 0.692. The summed E-state index contributed by atoms with van der Waals surface area (Å²) < 4.78 is 3.05. The lowest BCUT2D eigenvalue weighted by Gasteiger charge is -2.32. The molecule has 2 rings (SSSR count). The van der Waals surface area contributed by atoms with E-state index in [1.54, 1.807) is 6.92 Å². The van der Waals surface area contributed by atoms with E-state index in [0.717, 1.165) is 42.6 Å². The number of halogens is 1. The zero-order chi connectivity index (χ0) is 14.0. The number of hydrogen-bond acceptors (Lipinski definition) is 3. The highest BCUT2D eigenvalue weighted by atomic mass is 79.9. The number of nitrogens with one attached hydrogen (secondary N) is 1. The number of amides is 1. The van der Waals surface area contributed by atoms with Crippen molar-refractivity contribution in [1.82, 2.24) is 20.0 Å². The molecule has 1 aliphatic rings. The van der Waals surface area contributed by atoms with E-state index in [4.69, 9.17) is 0 Å². The average Bonchev–Trinajstić information content (AvgIpc) is 2.58. The summed E-state index contributed by atoms with van der Waals surface area (Å²) in [5, 5.41) is 7.42. The lowest BCUT2D eigenvalue weighted by molar-refractivity contribution is -0.119. The van der Waals surface area contributed by atoms with Gasteiger partial charge in [-0.3, -0.25) is 14.4 Å². The van der Waals surface area contributed by atoms with Crippen LogP contribution in [0.15, 0.2) is 4.47 Å². The van der Waals surface area contributed by atoms with Gasteiger partial charge in [-0.1, -0.05) is 0 Å². The summed E-state index contributed by atoms with van der Waals surface area (Å²) in [6.07, 6.45) is 2.04. The normalized spacial score (nSPS) is 17.7. The molecule has 0 aliphatic carbocycles. The molecule has 0 atom stereocenters. The van der Waals surface area contributed by atoms with Crippen molar-refractivity contribution < 1.29 is 4.79 Å². The lowest BCUT2D eigenvalue weighted by atomic mass is 10.0. The van der Waals surface area contributed by atoms with Gasteiger partial charge in [-0.2, -0.15) is 5.10 Å². The molecule has 1 N–H and O–H groups in total. The van der Waals surface area contributed by atoms with Gasteiger partial charge in [0.1, 0.15) is 0 Å². The second-order valence-corrected chi connectivity index (χ2v) is 6.01. The molecule has 0 radical (unpaired) electrons. The van der Waals surface area contributed by atoms with Gasteiger partial charge in [0.05, 0.1) is 15.9 Å². The van der Waals surface area contributed by atoms with Crippen LogP contribution in [0.25, 0.3) is 0 Å². The molecule has 0 spiro atoms. The van der Waals surface area contributed by atoms with Gasteiger partial charge in [0, 0.05) is 39.6 Å². The van der Waals surface area contributed by atoms with E-state index in [1.807, 2.05) is 18.7 Å². The Morgan fingerprint density at radius 3 is 2.58 bits per heavy atom. The molecule has 1 saturated heterocycles. The predicted octanol–water partition coefficient (Wildman–Crippen LogP) is 1.59. The molecule has 1 amide bonds. The van der Waals surface area contributed by atoms with Gasteiger partial charge >= 0.3 is 0 Å². The third-order valence-electron chi connectivity index (χ3n) is 3.63. The molecule has 6 heteroatoms. The van der Waals surface area contributed by atoms with E-state index in [0.29, 0.717) is 6.04 Å². The summed E-state index contributed by atoms with van der Waals surface area (Å²) >= 11 is 3.61. The van der Waals surface area contributed by atoms with Crippen molar-refractivity contribution >= 4 is 21.8 Å². The minimum Gasteiger partial charge on any atom is -0.354 e. The molecular weight excluding hydrogens is 308 g/mol. The molecule has 1 aromatic rings. The van der Waals surface area contributed by atoms with Gasteiger partial charge in [-0.05, 0) is 35.7 Å². The fourth-order valence-electron chi connectivity index (χ4n) is 2.59. The minimum absolute atomic E-state index is 0.0726. The Balaban J connectivity index is 1.90. The average molecular weight is 329 g/mol. The van der Waals surface area contributed by atoms with Crippen LogP contribution in [0.2, 0.25) is 0 Å². The van der Waals surface area contributed by atoms with Crippen LogP contribution in [0.1, 0.15) is 31.2 Å². The topological polar surface area (TPSA) is 50.2 Å². The smallest absolute Gasteiger partial charge is 0.217 e. The van der Waals surface area contributed by atoms with Crippen molar-refractivity contribution in [2.45, 2.75) is 39.3 Å². The first-order chi connectivity index (χ1) is 8.97. The van der Waals surface area contributed by atoms with Gasteiger partial charge in [-0.15, -0.1) is 0 Å². The molecule has 106 valence electrons. The highest BCUT2D eigenvalue weighted by Crippen LogP contribution is 2.23. The number of piperidine rings is 1. The Morgan fingerprint density at radius 2 is 2.11 bits per heavy atom. The van der Waals surface area contributed by atoms with Crippen molar-refractivity contribution in [3.8, 4) is 0 Å². The van der Waals surface area contributed by atoms with Crippen LogP contribution in [0.5, 0.6) is 0 Å². The number of carbonyl (C=O) groups excluding carboxylic acids is 1. The minimum atomic E-state index is 0.0726. The molecule has 0 aromatic carbocycles. The van der Waals surface area contributed by atoms with Crippen molar-refractivity contribution in [3.63, 3.8) is 0 Å². The number of aryl methyl sites for hydroxylation is 2. The van der Waals surface area contributed by atoms with E-state index in [2.05, 4.69) is 31.2 Å². The number of carbonyl (C=O) groups is 1. The number of hydrogen-bond donors (Lipinski definition) is 1. The summed E-state index contributed by atoms with van der Waals surface area (Å²) in [6.45, 7) is 6.53. The van der Waals surface area contributed by atoms with Crippen LogP contribution in [-0.2, 0) is 18.4 Å². The molecule has 1 aromatic heterocycles. The molecule has 0 unspecified atom stereocenters. The monoisotopic (exact) mass is 328 g/mol. The lowest BCUT2D eigenvalue weighted by Crippen LogP contribution is -2.43. The van der Waals surface area contributed by atoms with E-state index in [1.165, 1.54) is 5.69 Å². The molecule has 1 aliphatic heterocycles. The van der Waals surface area contributed by atoms with Gasteiger partial charge in [0.15, 0.2) is 0 Å². The Labute approximate surface area is 122 Å². The summed E-state index contributed by atoms with van der Waals surface area (Å²) in [4.78, 5) is 13.5. The fourth-order valence-corrected chi connectivity index (χ4v) is 3.05. The number of nitrogens with zero attached hydrogens (tertiary/aromatic N) is 3. The third kappa shape index (κ3) is 3.57. The largest absolute Gasteiger partial charge is 0.354 e. The van der Waals surface area contributed by atoms with Gasteiger partial charge in [0.25, 0.3) is 0 Å². The SMILES string of the molecule is CC(=O)NC1CCN(Cc2c(Br)c(C)nn2C)CC1. The van der Waals surface area contributed by atoms with Crippen LogP contribution in [0.4, 0.5) is 0 Å². The molecule has 0 bridgehead atoms. The summed E-state index contributed by atoms with van der Waals surface area (Å²) in [7, 11) is 1.98. The maximum absolute atomic E-state index is 11.0. The van der Waals surface area contributed by atoms with Crippen molar-refractivity contribution in [2.24, 2.45) is 7.05 Å². The second-order valence-electron chi connectivity index (χ2n) is 5.22. The molecule has 1 fully saturated rings. The Bertz CT molecular complexity index is 463. The van der Waals surface area contributed by atoms with Crippen LogP contribution < -0.4 is 5.32 Å². The maximum Gasteiger partial charge on any atom is 0.217 e. The summed E-state index contributed by atoms with van der Waals surface area (Å²) in [6, 6.07) is 0.338. The molecule has 19 heavy (non-hydrogen) atoms. The van der Waals surface area contributed by atoms with Crippen molar-refractivity contribution in [3.05, 3.63) is 15.9 Å². The summed E-state index contributed by atoms with van der Waals surface area (Å²) in [5.41, 5.74) is 2.25. The predicted molar refractivity (Wildman–Crippen MR) is 77.8 cm³/mol. The van der Waals surface area contributed by atoms with Gasteiger partial charge < -0.3 is 5.32 Å². The maximum atomic E-state index is 11.0. The number of aromatic nitrogens is 2. The van der Waals surface area contributed by atoms with Crippen LogP contribution >= 0.6 is 15.9 Å². The third-order valence-corrected chi connectivity index (χ3v) is 4.66. The Morgan fingerprint density at radius 1 is 1.47 bits per heavy atom. The van der Waals surface area contributed by atoms with Crippen LogP contribution in [-0.4, -0.2) is 39.7 Å². The van der Waals surface area contributed by atoms with E-state index < -0.39 is 0 Å². The molecule has 0 saturated carbocycles. The Hall–Kier alpha value is -0.880. The zero-order valence-corrected chi connectivity index (χ0v) is 13.3. The first-order valence-corrected chi connectivity index (χ1v) is 7.44. The van der Waals surface area contributed by atoms with E-state index >= 15 is 0 Å². The van der Waals surface area contributed by atoms with E-state index in [9.17, 15) is 4.79 Å². The summed E-state index contributed by atoms with van der Waals surface area (Å²) in [5.74, 6) is 0.0726. The van der Waals surface area contributed by atoms with Crippen molar-refractivity contribution in [1.29, 1.82) is 0 Å². The molecule has 5 nitrogen and oxygen atoms in total. The van der Waals surface area contributed by atoms with E-state index in [-0.39, 0.29) is 5.91 Å². The highest BCUT2D eigenvalue weighted by Gasteiger charge is 2.21. The Kier molecular flexibility index (Phi) is 4.62. The number of likely N-dealkylation sites (tertiary alicyclic amines) is 1. The standard InChI is InChI=1S/C13H21BrN4O/c1-9-13(14)12(17(3)16-9)8-18-6-4-11(5-7-18)15-10(2)19/h11H,4-8H2,1-3H3,(H,15,19). The van der Waals surface area contributed by atoms with Crippen LogP contribution in [0.3, 0.4) is 0 Å². The number of rotatable bonds is 3. The quantitative estimate of drug-likeness (QED) is 0.916. The van der Waals surface area contributed by atoms with Crippen LogP contribution in [0, 0.1) is 6.92 Å². The molecule has 2 heterocycles. The van der Waals surface area contributed by atoms with Gasteiger partial charge in [0.2, 0.25) is 5.91 Å².